The lowest BCUT2D eigenvalue weighted by Gasteiger charge is -2.17. The van der Waals surface area contributed by atoms with Crippen molar-refractivity contribution in [2.75, 3.05) is 4.90 Å². The van der Waals surface area contributed by atoms with Gasteiger partial charge in [-0.3, -0.25) is 9.59 Å². The molecule has 0 spiro atoms. The first-order chi connectivity index (χ1) is 16.3. The van der Waals surface area contributed by atoms with Gasteiger partial charge in [-0.15, -0.1) is 0 Å². The zero-order valence-electron chi connectivity index (χ0n) is 17.6. The van der Waals surface area contributed by atoms with E-state index in [2.05, 4.69) is 10.3 Å². The van der Waals surface area contributed by atoms with Crippen molar-refractivity contribution in [2.45, 2.75) is 11.4 Å². The molecule has 3 N–H and O–H groups in total. The summed E-state index contributed by atoms with van der Waals surface area (Å²) in [5.41, 5.74) is 3.19. The van der Waals surface area contributed by atoms with E-state index in [0.717, 1.165) is 23.0 Å². The van der Waals surface area contributed by atoms with Crippen molar-refractivity contribution in [3.63, 3.8) is 0 Å². The minimum atomic E-state index is -3.81. The second-order valence-electron chi connectivity index (χ2n) is 7.61. The van der Waals surface area contributed by atoms with E-state index < -0.39 is 15.9 Å². The number of primary sulfonamides is 1. The second-order valence-corrected chi connectivity index (χ2v) is 10.2. The number of thioether (sulfide) groups is 1. The standard InChI is InChI=1S/C24H18N4O4S2/c25-34(31,32)17-12-10-16(11-13-17)26-24-27-22(29)21(33-24)20-18-8-4-5-9-19(18)28(23(20)30)14-15-6-2-1-3-7-15/h1-13H,14H2,(H2,25,31,32)(H,26,27,29)/b21-20-. The minimum absolute atomic E-state index is 0.0333. The predicted octanol–water partition coefficient (Wildman–Crippen LogP) is 3.14. The number of hydrogen-bond donors (Lipinski definition) is 2. The van der Waals surface area contributed by atoms with Crippen LogP contribution in [0.3, 0.4) is 0 Å². The SMILES string of the molecule is NS(=O)(=O)c1ccc(N=C2NC(=O)/C(=C3/C(=O)N(Cc4ccccc4)c4ccccc43)S2)cc1. The predicted molar refractivity (Wildman–Crippen MR) is 132 cm³/mol. The van der Waals surface area contributed by atoms with Gasteiger partial charge in [-0.1, -0.05) is 48.5 Å². The van der Waals surface area contributed by atoms with E-state index in [-0.39, 0.29) is 15.7 Å². The van der Waals surface area contributed by atoms with Crippen molar-refractivity contribution in [1.29, 1.82) is 0 Å². The molecule has 34 heavy (non-hydrogen) atoms. The molecule has 0 aromatic heterocycles. The number of fused-ring (bicyclic) bond motifs is 1. The lowest BCUT2D eigenvalue weighted by Crippen LogP contribution is -2.26. The number of nitrogens with one attached hydrogen (secondary N) is 1. The van der Waals surface area contributed by atoms with Gasteiger partial charge in [-0.2, -0.15) is 0 Å². The van der Waals surface area contributed by atoms with E-state index in [1.165, 1.54) is 24.3 Å². The lowest BCUT2D eigenvalue weighted by atomic mass is 10.1. The maximum absolute atomic E-state index is 13.5. The molecular weight excluding hydrogens is 472 g/mol. The summed E-state index contributed by atoms with van der Waals surface area (Å²) >= 11 is 1.07. The Labute approximate surface area is 200 Å². The molecule has 2 amide bonds. The number of benzene rings is 3. The molecule has 3 aromatic rings. The molecule has 5 rings (SSSR count). The molecule has 1 saturated heterocycles. The van der Waals surface area contributed by atoms with Crippen molar-refractivity contribution < 1.29 is 18.0 Å². The second kappa shape index (κ2) is 8.56. The molecule has 2 aliphatic rings. The normalized spacial score (nSPS) is 19.0. The third kappa shape index (κ3) is 4.14. The summed E-state index contributed by atoms with van der Waals surface area (Å²) in [6.45, 7) is 0.386. The maximum atomic E-state index is 13.5. The summed E-state index contributed by atoms with van der Waals surface area (Å²) in [6.07, 6.45) is 0. The molecule has 3 aromatic carbocycles. The fourth-order valence-electron chi connectivity index (χ4n) is 3.79. The number of amides is 2. The van der Waals surface area contributed by atoms with Crippen LogP contribution in [0.25, 0.3) is 5.57 Å². The van der Waals surface area contributed by atoms with Crippen molar-refractivity contribution in [2.24, 2.45) is 10.1 Å². The maximum Gasteiger partial charge on any atom is 0.264 e. The Bertz CT molecular complexity index is 1480. The monoisotopic (exact) mass is 490 g/mol. The highest BCUT2D eigenvalue weighted by molar-refractivity contribution is 8.18. The number of hydrogen-bond acceptors (Lipinski definition) is 6. The number of aliphatic imine (C=N–C) groups is 1. The molecule has 2 heterocycles. The topological polar surface area (TPSA) is 122 Å². The van der Waals surface area contributed by atoms with Crippen LogP contribution in [0.5, 0.6) is 0 Å². The van der Waals surface area contributed by atoms with E-state index in [9.17, 15) is 18.0 Å². The van der Waals surface area contributed by atoms with Crippen LogP contribution in [0.4, 0.5) is 11.4 Å². The number of nitrogens with zero attached hydrogens (tertiary/aromatic N) is 2. The number of nitrogens with two attached hydrogens (primary N) is 1. The van der Waals surface area contributed by atoms with Gasteiger partial charge in [-0.05, 0) is 47.7 Å². The Balaban J connectivity index is 1.48. The minimum Gasteiger partial charge on any atom is -0.303 e. The quantitative estimate of drug-likeness (QED) is 0.544. The summed E-state index contributed by atoms with van der Waals surface area (Å²) < 4.78 is 22.9. The molecule has 0 radical (unpaired) electrons. The van der Waals surface area contributed by atoms with Gasteiger partial charge in [0.05, 0.1) is 33.3 Å². The highest BCUT2D eigenvalue weighted by Gasteiger charge is 2.39. The highest BCUT2D eigenvalue weighted by atomic mass is 32.2. The number of rotatable bonds is 4. The summed E-state index contributed by atoms with van der Waals surface area (Å²) in [6, 6.07) is 22.7. The van der Waals surface area contributed by atoms with Crippen LogP contribution in [0, 0.1) is 0 Å². The molecule has 0 unspecified atom stereocenters. The smallest absolute Gasteiger partial charge is 0.264 e. The molecule has 1 fully saturated rings. The highest BCUT2D eigenvalue weighted by Crippen LogP contribution is 2.43. The molecular formula is C24H18N4O4S2. The molecule has 0 aliphatic carbocycles. The third-order valence-electron chi connectivity index (χ3n) is 5.36. The van der Waals surface area contributed by atoms with E-state index in [1.807, 2.05) is 54.6 Å². The summed E-state index contributed by atoms with van der Waals surface area (Å²) in [4.78, 5) is 32.6. The average molecular weight is 491 g/mol. The first kappa shape index (κ1) is 22.1. The van der Waals surface area contributed by atoms with Crippen LogP contribution in [0.15, 0.2) is 93.7 Å². The molecule has 170 valence electrons. The fourth-order valence-corrected chi connectivity index (χ4v) is 5.23. The Kier molecular flexibility index (Phi) is 5.56. The molecule has 0 saturated carbocycles. The largest absolute Gasteiger partial charge is 0.303 e. The summed E-state index contributed by atoms with van der Waals surface area (Å²) in [5, 5.41) is 8.11. The Morgan fingerprint density at radius 1 is 0.912 bits per heavy atom. The van der Waals surface area contributed by atoms with Gasteiger partial charge in [0.1, 0.15) is 0 Å². The van der Waals surface area contributed by atoms with E-state index in [1.54, 1.807) is 4.90 Å². The average Bonchev–Trinajstić information content (AvgIpc) is 3.30. The Morgan fingerprint density at radius 3 is 2.29 bits per heavy atom. The molecule has 2 aliphatic heterocycles. The Hall–Kier alpha value is -3.73. The van der Waals surface area contributed by atoms with Gasteiger partial charge < -0.3 is 10.2 Å². The zero-order valence-corrected chi connectivity index (χ0v) is 19.3. The van der Waals surface area contributed by atoms with Crippen LogP contribution < -0.4 is 15.4 Å². The van der Waals surface area contributed by atoms with Gasteiger partial charge >= 0.3 is 0 Å². The van der Waals surface area contributed by atoms with E-state index in [0.29, 0.717) is 28.5 Å². The molecule has 10 heteroatoms. The van der Waals surface area contributed by atoms with E-state index >= 15 is 0 Å². The van der Waals surface area contributed by atoms with Crippen molar-refractivity contribution in [1.82, 2.24) is 5.32 Å². The third-order valence-corrected chi connectivity index (χ3v) is 7.26. The van der Waals surface area contributed by atoms with Crippen molar-refractivity contribution in [3.05, 3.63) is 94.9 Å². The molecule has 0 bridgehead atoms. The number of anilines is 1. The van der Waals surface area contributed by atoms with Gasteiger partial charge in [-0.25, -0.2) is 18.5 Å². The zero-order chi connectivity index (χ0) is 23.9. The fraction of sp³-hybridized carbons (Fsp3) is 0.0417. The van der Waals surface area contributed by atoms with Gasteiger partial charge in [0.2, 0.25) is 10.0 Å². The summed E-state index contributed by atoms with van der Waals surface area (Å²) in [5.74, 6) is -0.661. The number of carbonyl (C=O) groups is 2. The van der Waals surface area contributed by atoms with E-state index in [4.69, 9.17) is 5.14 Å². The van der Waals surface area contributed by atoms with Crippen LogP contribution in [-0.2, 0) is 26.2 Å². The number of carbonyl (C=O) groups excluding carboxylic acids is 2. The van der Waals surface area contributed by atoms with Gasteiger partial charge in [0, 0.05) is 5.56 Å². The lowest BCUT2D eigenvalue weighted by molar-refractivity contribution is -0.116. The van der Waals surface area contributed by atoms with Crippen LogP contribution in [-0.4, -0.2) is 25.4 Å². The van der Waals surface area contributed by atoms with Gasteiger partial charge in [0.25, 0.3) is 11.8 Å². The van der Waals surface area contributed by atoms with Crippen molar-refractivity contribution >= 4 is 55.7 Å². The van der Waals surface area contributed by atoms with Crippen LogP contribution in [0.2, 0.25) is 0 Å². The number of para-hydroxylation sites is 1. The first-order valence-electron chi connectivity index (χ1n) is 10.2. The Morgan fingerprint density at radius 2 is 1.59 bits per heavy atom. The van der Waals surface area contributed by atoms with Crippen LogP contribution in [0.1, 0.15) is 11.1 Å². The van der Waals surface area contributed by atoms with Crippen LogP contribution >= 0.6 is 11.8 Å². The molecule has 0 atom stereocenters. The van der Waals surface area contributed by atoms with Crippen molar-refractivity contribution in [3.8, 4) is 0 Å². The molecule has 8 nitrogen and oxygen atoms in total. The summed E-state index contributed by atoms with van der Waals surface area (Å²) in [7, 11) is -3.81. The van der Waals surface area contributed by atoms with Gasteiger partial charge in [0.15, 0.2) is 5.17 Å². The number of sulfonamides is 1. The number of amidine groups is 1. The first-order valence-corrected chi connectivity index (χ1v) is 12.6.